The van der Waals surface area contributed by atoms with Crippen molar-refractivity contribution in [2.45, 2.75) is 0 Å². The van der Waals surface area contributed by atoms with Gasteiger partial charge in [-0.15, -0.1) is 0 Å². The zero-order chi connectivity index (χ0) is 10.7. The number of aromatic nitrogens is 2. The minimum absolute atomic E-state index is 0.368. The van der Waals surface area contributed by atoms with Gasteiger partial charge in [0.25, 0.3) is 0 Å². The zero-order valence-corrected chi connectivity index (χ0v) is 8.90. The highest BCUT2D eigenvalue weighted by atomic mass is 35.5. The number of benzene rings is 1. The van der Waals surface area contributed by atoms with E-state index in [0.717, 1.165) is 11.1 Å². The first-order valence-electron chi connectivity index (χ1n) is 4.41. The second kappa shape index (κ2) is 4.28. The van der Waals surface area contributed by atoms with Crippen molar-refractivity contribution in [1.29, 1.82) is 0 Å². The Balaban J connectivity index is 2.33. The maximum Gasteiger partial charge on any atom is 0.316 e. The molecule has 0 N–H and O–H groups in total. The summed E-state index contributed by atoms with van der Waals surface area (Å²) in [5, 5.41) is 0.716. The minimum Gasteiger partial charge on any atom is -0.467 e. The number of rotatable bonds is 2. The molecule has 0 unspecified atom stereocenters. The van der Waals surface area contributed by atoms with Gasteiger partial charge >= 0.3 is 6.01 Å². The van der Waals surface area contributed by atoms with Crippen LogP contribution in [0.2, 0.25) is 5.02 Å². The first-order chi connectivity index (χ1) is 7.29. The van der Waals surface area contributed by atoms with E-state index in [9.17, 15) is 0 Å². The third-order valence-corrected chi connectivity index (χ3v) is 2.24. The molecule has 3 nitrogen and oxygen atoms in total. The van der Waals surface area contributed by atoms with Crippen LogP contribution in [0.1, 0.15) is 0 Å². The minimum atomic E-state index is 0.368. The average molecular weight is 221 g/mol. The number of hydrogen-bond acceptors (Lipinski definition) is 3. The summed E-state index contributed by atoms with van der Waals surface area (Å²) in [5.74, 6) is 0. The summed E-state index contributed by atoms with van der Waals surface area (Å²) >= 11 is 5.80. The molecule has 4 heteroatoms. The summed E-state index contributed by atoms with van der Waals surface area (Å²) < 4.78 is 4.88. The number of halogens is 1. The van der Waals surface area contributed by atoms with Crippen LogP contribution in [0.3, 0.4) is 0 Å². The lowest BCUT2D eigenvalue weighted by Gasteiger charge is -2.01. The van der Waals surface area contributed by atoms with Gasteiger partial charge in [0.15, 0.2) is 0 Å². The molecule has 0 saturated heterocycles. The molecular weight excluding hydrogens is 212 g/mol. The van der Waals surface area contributed by atoms with E-state index in [-0.39, 0.29) is 0 Å². The van der Waals surface area contributed by atoms with Crippen LogP contribution in [-0.4, -0.2) is 17.1 Å². The van der Waals surface area contributed by atoms with Crippen LogP contribution in [0.15, 0.2) is 36.7 Å². The molecule has 0 fully saturated rings. The fourth-order valence-corrected chi connectivity index (χ4v) is 1.34. The number of methoxy groups -OCH3 is 1. The van der Waals surface area contributed by atoms with Crippen molar-refractivity contribution in [3.63, 3.8) is 0 Å². The Labute approximate surface area is 92.7 Å². The summed E-state index contributed by atoms with van der Waals surface area (Å²) in [7, 11) is 1.54. The Hall–Kier alpha value is -1.61. The fraction of sp³-hybridized carbons (Fsp3) is 0.0909. The molecule has 0 aliphatic rings. The Morgan fingerprint density at radius 2 is 1.60 bits per heavy atom. The zero-order valence-electron chi connectivity index (χ0n) is 8.14. The largest absolute Gasteiger partial charge is 0.467 e. The van der Waals surface area contributed by atoms with Gasteiger partial charge in [-0.3, -0.25) is 0 Å². The molecule has 2 rings (SSSR count). The molecule has 0 bridgehead atoms. The Morgan fingerprint density at radius 1 is 1.00 bits per heavy atom. The van der Waals surface area contributed by atoms with Crippen LogP contribution >= 0.6 is 11.6 Å². The lowest BCUT2D eigenvalue weighted by molar-refractivity contribution is 0.380. The SMILES string of the molecule is COc1ncc(-c2ccc(Cl)cc2)cn1. The summed E-state index contributed by atoms with van der Waals surface area (Å²) in [6.45, 7) is 0. The van der Waals surface area contributed by atoms with Crippen LogP contribution in [0.4, 0.5) is 0 Å². The monoisotopic (exact) mass is 220 g/mol. The molecule has 1 aromatic carbocycles. The van der Waals surface area contributed by atoms with Crippen molar-refractivity contribution in [2.75, 3.05) is 7.11 Å². The molecule has 15 heavy (non-hydrogen) atoms. The maximum absolute atomic E-state index is 5.80. The second-order valence-corrected chi connectivity index (χ2v) is 3.40. The van der Waals surface area contributed by atoms with Crippen LogP contribution in [-0.2, 0) is 0 Å². The van der Waals surface area contributed by atoms with E-state index in [1.165, 1.54) is 7.11 Å². The van der Waals surface area contributed by atoms with Crippen molar-refractivity contribution in [3.8, 4) is 17.1 Å². The normalized spacial score (nSPS) is 10.0. The highest BCUT2D eigenvalue weighted by Gasteiger charge is 1.99. The second-order valence-electron chi connectivity index (χ2n) is 2.97. The molecule has 0 aliphatic carbocycles. The molecule has 0 spiro atoms. The van der Waals surface area contributed by atoms with Gasteiger partial charge in [0.05, 0.1) is 7.11 Å². The number of ether oxygens (including phenoxy) is 1. The van der Waals surface area contributed by atoms with Crippen LogP contribution in [0, 0.1) is 0 Å². The van der Waals surface area contributed by atoms with E-state index in [1.54, 1.807) is 12.4 Å². The lowest BCUT2D eigenvalue weighted by atomic mass is 10.1. The third kappa shape index (κ3) is 2.25. The van der Waals surface area contributed by atoms with Gasteiger partial charge in [0.2, 0.25) is 0 Å². The maximum atomic E-state index is 5.80. The van der Waals surface area contributed by atoms with E-state index in [1.807, 2.05) is 24.3 Å². The third-order valence-electron chi connectivity index (χ3n) is 1.99. The van der Waals surface area contributed by atoms with Crippen molar-refractivity contribution < 1.29 is 4.74 Å². The predicted octanol–water partition coefficient (Wildman–Crippen LogP) is 2.81. The fourth-order valence-electron chi connectivity index (χ4n) is 1.21. The quantitative estimate of drug-likeness (QED) is 0.781. The predicted molar refractivity (Wildman–Crippen MR) is 59.0 cm³/mol. The van der Waals surface area contributed by atoms with Crippen LogP contribution < -0.4 is 4.74 Å². The molecule has 0 radical (unpaired) electrons. The molecule has 0 atom stereocenters. The Bertz CT molecular complexity index is 439. The number of hydrogen-bond donors (Lipinski definition) is 0. The van der Waals surface area contributed by atoms with E-state index in [0.29, 0.717) is 11.0 Å². The van der Waals surface area contributed by atoms with Crippen molar-refractivity contribution in [2.24, 2.45) is 0 Å². The van der Waals surface area contributed by atoms with Gasteiger partial charge in [0.1, 0.15) is 0 Å². The van der Waals surface area contributed by atoms with Gasteiger partial charge in [0, 0.05) is 23.0 Å². The van der Waals surface area contributed by atoms with Gasteiger partial charge in [-0.1, -0.05) is 23.7 Å². The lowest BCUT2D eigenvalue weighted by Crippen LogP contribution is -1.91. The molecule has 1 aromatic heterocycles. The average Bonchev–Trinajstić information content (AvgIpc) is 2.30. The van der Waals surface area contributed by atoms with E-state index < -0.39 is 0 Å². The van der Waals surface area contributed by atoms with Crippen LogP contribution in [0.25, 0.3) is 11.1 Å². The van der Waals surface area contributed by atoms with Crippen molar-refractivity contribution in [1.82, 2.24) is 9.97 Å². The van der Waals surface area contributed by atoms with Crippen molar-refractivity contribution in [3.05, 3.63) is 41.7 Å². The number of nitrogens with zero attached hydrogens (tertiary/aromatic N) is 2. The van der Waals surface area contributed by atoms with Crippen LogP contribution in [0.5, 0.6) is 6.01 Å². The first kappa shape index (κ1) is 9.93. The standard InChI is InChI=1S/C11H9ClN2O/c1-15-11-13-6-9(7-14-11)8-2-4-10(12)5-3-8/h2-7H,1H3. The molecule has 76 valence electrons. The van der Waals surface area contributed by atoms with Gasteiger partial charge < -0.3 is 4.74 Å². The summed E-state index contributed by atoms with van der Waals surface area (Å²) in [6, 6.07) is 7.89. The molecule has 0 amide bonds. The summed E-state index contributed by atoms with van der Waals surface area (Å²) in [4.78, 5) is 8.06. The summed E-state index contributed by atoms with van der Waals surface area (Å²) in [6.07, 6.45) is 3.43. The molecule has 0 saturated carbocycles. The Kier molecular flexibility index (Phi) is 2.83. The summed E-state index contributed by atoms with van der Waals surface area (Å²) in [5.41, 5.74) is 1.97. The smallest absolute Gasteiger partial charge is 0.316 e. The highest BCUT2D eigenvalue weighted by molar-refractivity contribution is 6.30. The molecule has 2 aromatic rings. The highest BCUT2D eigenvalue weighted by Crippen LogP contribution is 2.20. The molecular formula is C11H9ClN2O. The van der Waals surface area contributed by atoms with E-state index >= 15 is 0 Å². The first-order valence-corrected chi connectivity index (χ1v) is 4.79. The molecule has 1 heterocycles. The molecule has 0 aliphatic heterocycles. The van der Waals surface area contributed by atoms with E-state index in [4.69, 9.17) is 16.3 Å². The van der Waals surface area contributed by atoms with Gasteiger partial charge in [-0.2, -0.15) is 0 Å². The topological polar surface area (TPSA) is 35.0 Å². The van der Waals surface area contributed by atoms with Gasteiger partial charge in [-0.25, -0.2) is 9.97 Å². The van der Waals surface area contributed by atoms with Crippen molar-refractivity contribution >= 4 is 11.6 Å². The van der Waals surface area contributed by atoms with E-state index in [2.05, 4.69) is 9.97 Å². The van der Waals surface area contributed by atoms with Gasteiger partial charge in [-0.05, 0) is 17.7 Å². The Morgan fingerprint density at radius 3 is 2.13 bits per heavy atom.